The average molecular weight is 617 g/mol. The van der Waals surface area contributed by atoms with Gasteiger partial charge < -0.3 is 39.1 Å². The lowest BCUT2D eigenvalue weighted by Gasteiger charge is -2.23. The molecule has 0 atom stereocenters. The van der Waals surface area contributed by atoms with E-state index in [1.165, 1.54) is 0 Å². The Morgan fingerprint density at radius 3 is 1.23 bits per heavy atom. The Bertz CT molecular complexity index is 916. The van der Waals surface area contributed by atoms with Crippen LogP contribution in [0.25, 0.3) is 0 Å². The van der Waals surface area contributed by atoms with Gasteiger partial charge in [-0.3, -0.25) is 9.80 Å². The Labute approximate surface area is 260 Å². The summed E-state index contributed by atoms with van der Waals surface area (Å²) in [4.78, 5) is 28.5. The molecule has 1 fully saturated rings. The summed E-state index contributed by atoms with van der Waals surface area (Å²) in [6, 6.07) is 19.2. The molecule has 0 unspecified atom stereocenters. The topological polar surface area (TPSA) is 120 Å². The molecule has 0 radical (unpaired) electrons. The van der Waals surface area contributed by atoms with E-state index in [9.17, 15) is 9.59 Å². The molecule has 0 spiro atoms. The van der Waals surface area contributed by atoms with Crippen LogP contribution in [0.2, 0.25) is 0 Å². The molecule has 1 heterocycles. The third-order valence-electron chi connectivity index (χ3n) is 6.77. The fraction of sp³-hybridized carbons (Fsp3) is 0.562. The van der Waals surface area contributed by atoms with E-state index in [4.69, 9.17) is 28.4 Å². The van der Waals surface area contributed by atoms with Crippen molar-refractivity contribution in [3.8, 4) is 0 Å². The summed E-state index contributed by atoms with van der Waals surface area (Å²) in [5, 5.41) is 5.62. The quantitative estimate of drug-likeness (QED) is 0.412. The van der Waals surface area contributed by atoms with E-state index in [2.05, 4.69) is 20.4 Å². The molecule has 0 aromatic heterocycles. The lowest BCUT2D eigenvalue weighted by atomic mass is 10.2. The van der Waals surface area contributed by atoms with Crippen molar-refractivity contribution in [1.29, 1.82) is 0 Å². The van der Waals surface area contributed by atoms with Crippen LogP contribution in [0.4, 0.5) is 9.59 Å². The smallest absolute Gasteiger partial charge is 0.407 e. The van der Waals surface area contributed by atoms with Gasteiger partial charge in [-0.1, -0.05) is 60.7 Å². The van der Waals surface area contributed by atoms with E-state index < -0.39 is 12.2 Å². The SMILES string of the molecule is O=C(NCCN1CCOCCOCCN(CCNC(=O)OCc2ccccc2)CCOCCOCC1)OCc1ccccc1. The number of hydrogen-bond donors (Lipinski definition) is 2. The van der Waals surface area contributed by atoms with Gasteiger partial charge in [0.1, 0.15) is 13.2 Å². The van der Waals surface area contributed by atoms with Gasteiger partial charge in [0, 0.05) is 52.4 Å². The first-order valence-corrected chi connectivity index (χ1v) is 15.3. The molecular formula is C32H48N4O8. The molecule has 0 aliphatic carbocycles. The van der Waals surface area contributed by atoms with Crippen molar-refractivity contribution in [3.63, 3.8) is 0 Å². The molecule has 44 heavy (non-hydrogen) atoms. The number of alkyl carbamates (subject to hydrolysis) is 2. The standard InChI is InChI=1S/C32H48N4O8/c37-31(43-27-29-7-3-1-4-8-29)33-11-13-35-15-19-39-23-25-41-21-17-36(18-22-42-26-24-40-20-16-35)14-12-34-32(38)44-28-30-9-5-2-6-10-30/h1-10H,11-28H2,(H,33,37)(H,34,38). The van der Waals surface area contributed by atoms with Gasteiger partial charge in [-0.15, -0.1) is 0 Å². The molecule has 0 saturated carbocycles. The number of hydrogen-bond acceptors (Lipinski definition) is 10. The summed E-state index contributed by atoms with van der Waals surface area (Å²) in [5.41, 5.74) is 1.89. The first-order chi connectivity index (χ1) is 21.7. The second-order valence-electron chi connectivity index (χ2n) is 10.1. The molecule has 1 saturated heterocycles. The van der Waals surface area contributed by atoms with Gasteiger partial charge in [-0.25, -0.2) is 9.59 Å². The molecule has 12 nitrogen and oxygen atoms in total. The van der Waals surface area contributed by atoms with Crippen LogP contribution < -0.4 is 10.6 Å². The number of rotatable bonds is 10. The fourth-order valence-electron chi connectivity index (χ4n) is 4.27. The van der Waals surface area contributed by atoms with Crippen molar-refractivity contribution in [1.82, 2.24) is 20.4 Å². The van der Waals surface area contributed by atoms with Crippen LogP contribution in [0.3, 0.4) is 0 Å². The Morgan fingerprint density at radius 2 is 0.886 bits per heavy atom. The minimum absolute atomic E-state index is 0.240. The van der Waals surface area contributed by atoms with Crippen LogP contribution in [0.1, 0.15) is 11.1 Å². The fourth-order valence-corrected chi connectivity index (χ4v) is 4.27. The van der Waals surface area contributed by atoms with Crippen molar-refractivity contribution in [2.75, 3.05) is 105 Å². The number of nitrogens with zero attached hydrogens (tertiary/aromatic N) is 2. The Hall–Kier alpha value is -3.26. The van der Waals surface area contributed by atoms with Gasteiger partial charge >= 0.3 is 12.2 Å². The zero-order chi connectivity index (χ0) is 30.9. The van der Waals surface area contributed by atoms with Gasteiger partial charge in [0.05, 0.1) is 52.9 Å². The van der Waals surface area contributed by atoms with Crippen LogP contribution >= 0.6 is 0 Å². The predicted octanol–water partition coefficient (Wildman–Crippen LogP) is 2.52. The number of carbonyl (C=O) groups is 2. The maximum atomic E-state index is 12.1. The third kappa shape index (κ3) is 17.1. The largest absolute Gasteiger partial charge is 0.445 e. The van der Waals surface area contributed by atoms with Gasteiger partial charge in [0.25, 0.3) is 0 Å². The summed E-state index contributed by atoms with van der Waals surface area (Å²) in [7, 11) is 0. The van der Waals surface area contributed by atoms with Crippen LogP contribution in [-0.2, 0) is 41.6 Å². The monoisotopic (exact) mass is 616 g/mol. The molecule has 1 aliphatic heterocycles. The molecule has 12 heteroatoms. The highest BCUT2D eigenvalue weighted by atomic mass is 16.6. The number of benzene rings is 2. The van der Waals surface area contributed by atoms with E-state index in [0.29, 0.717) is 105 Å². The zero-order valence-electron chi connectivity index (χ0n) is 25.7. The zero-order valence-corrected chi connectivity index (χ0v) is 25.7. The van der Waals surface area contributed by atoms with Crippen LogP contribution in [0, 0.1) is 0 Å². The maximum Gasteiger partial charge on any atom is 0.407 e. The normalized spacial score (nSPS) is 17.1. The highest BCUT2D eigenvalue weighted by Crippen LogP contribution is 2.02. The molecular weight excluding hydrogens is 568 g/mol. The van der Waals surface area contributed by atoms with Crippen LogP contribution in [0.15, 0.2) is 60.7 Å². The molecule has 2 N–H and O–H groups in total. The van der Waals surface area contributed by atoms with E-state index in [-0.39, 0.29) is 13.2 Å². The summed E-state index contributed by atoms with van der Waals surface area (Å²) in [6.45, 7) is 9.66. The van der Waals surface area contributed by atoms with Crippen molar-refractivity contribution in [2.45, 2.75) is 13.2 Å². The second kappa shape index (κ2) is 23.2. The van der Waals surface area contributed by atoms with Gasteiger partial charge in [0.15, 0.2) is 0 Å². The molecule has 244 valence electrons. The van der Waals surface area contributed by atoms with E-state index in [0.717, 1.165) is 11.1 Å². The number of carbonyl (C=O) groups excluding carboxylic acids is 2. The van der Waals surface area contributed by atoms with Gasteiger partial charge in [0.2, 0.25) is 0 Å². The summed E-state index contributed by atoms with van der Waals surface area (Å²) in [5.74, 6) is 0. The predicted molar refractivity (Wildman–Crippen MR) is 165 cm³/mol. The van der Waals surface area contributed by atoms with Gasteiger partial charge in [-0.2, -0.15) is 0 Å². The summed E-state index contributed by atoms with van der Waals surface area (Å²) in [6.07, 6.45) is -0.874. The maximum absolute atomic E-state index is 12.1. The second-order valence-corrected chi connectivity index (χ2v) is 10.1. The van der Waals surface area contributed by atoms with E-state index >= 15 is 0 Å². The first-order valence-electron chi connectivity index (χ1n) is 15.3. The van der Waals surface area contributed by atoms with Crippen molar-refractivity contribution >= 4 is 12.2 Å². The minimum Gasteiger partial charge on any atom is -0.445 e. The van der Waals surface area contributed by atoms with E-state index in [1.807, 2.05) is 60.7 Å². The lowest BCUT2D eigenvalue weighted by Crippen LogP contribution is -2.39. The van der Waals surface area contributed by atoms with Crippen LogP contribution in [0.5, 0.6) is 0 Å². The molecule has 2 aromatic carbocycles. The molecule has 0 bridgehead atoms. The summed E-state index contributed by atoms with van der Waals surface area (Å²) < 4.78 is 33.7. The molecule has 2 aromatic rings. The number of amides is 2. The first kappa shape index (κ1) is 35.2. The van der Waals surface area contributed by atoms with Gasteiger partial charge in [-0.05, 0) is 11.1 Å². The van der Waals surface area contributed by atoms with Crippen molar-refractivity contribution in [3.05, 3.63) is 71.8 Å². The third-order valence-corrected chi connectivity index (χ3v) is 6.77. The highest BCUT2D eigenvalue weighted by molar-refractivity contribution is 5.67. The molecule has 2 amide bonds. The van der Waals surface area contributed by atoms with Crippen LogP contribution in [-0.4, -0.2) is 127 Å². The Morgan fingerprint density at radius 1 is 0.545 bits per heavy atom. The highest BCUT2D eigenvalue weighted by Gasteiger charge is 2.10. The number of nitrogens with one attached hydrogen (secondary N) is 2. The lowest BCUT2D eigenvalue weighted by molar-refractivity contribution is 0.00833. The molecule has 3 rings (SSSR count). The van der Waals surface area contributed by atoms with E-state index in [1.54, 1.807) is 0 Å². The molecule has 1 aliphatic rings. The Balaban J connectivity index is 1.29. The number of ether oxygens (including phenoxy) is 6. The summed E-state index contributed by atoms with van der Waals surface area (Å²) >= 11 is 0. The Kier molecular flexibility index (Phi) is 18.5. The minimum atomic E-state index is -0.437. The average Bonchev–Trinajstić information content (AvgIpc) is 3.05. The van der Waals surface area contributed by atoms with Crippen molar-refractivity contribution < 1.29 is 38.0 Å². The van der Waals surface area contributed by atoms with Crippen molar-refractivity contribution in [2.24, 2.45) is 0 Å².